The van der Waals surface area contributed by atoms with Crippen LogP contribution in [-0.2, 0) is 22.9 Å². The molecule has 1 amide bonds. The van der Waals surface area contributed by atoms with E-state index in [1.54, 1.807) is 0 Å². The third-order valence-corrected chi connectivity index (χ3v) is 7.25. The van der Waals surface area contributed by atoms with Crippen molar-refractivity contribution >= 4 is 27.3 Å². The quantitative estimate of drug-likeness (QED) is 0.763. The van der Waals surface area contributed by atoms with Crippen LogP contribution in [0.4, 0.5) is 0 Å². The number of tetrazole rings is 1. The molecule has 3 rings (SSSR count). The Balaban J connectivity index is 1.83. The molecule has 0 radical (unpaired) electrons. The Morgan fingerprint density at radius 2 is 2.12 bits per heavy atom. The molecule has 9 nitrogen and oxygen atoms in total. The average molecular weight is 384 g/mol. The number of aromatic nitrogens is 4. The molecule has 0 fully saturated rings. The van der Waals surface area contributed by atoms with Crippen LogP contribution in [0.5, 0.6) is 0 Å². The molecule has 2 aromatic rings. The Kier molecular flexibility index (Phi) is 5.16. The van der Waals surface area contributed by atoms with Gasteiger partial charge in [0.25, 0.3) is 5.91 Å². The summed E-state index contributed by atoms with van der Waals surface area (Å²) in [6.07, 6.45) is 5.38. The summed E-state index contributed by atoms with van der Waals surface area (Å²) in [5, 5.41) is 14.6. The Hall–Kier alpha value is -1.85. The first-order valence-corrected chi connectivity index (χ1v) is 10.4. The summed E-state index contributed by atoms with van der Waals surface area (Å²) in [4.78, 5) is 13.9. The van der Waals surface area contributed by atoms with E-state index in [2.05, 4.69) is 20.8 Å². The number of carbonyl (C=O) groups excluding carboxylic acids is 1. The molecule has 136 valence electrons. The second-order valence-electron chi connectivity index (χ2n) is 6.00. The highest BCUT2D eigenvalue weighted by atomic mass is 32.2. The average Bonchev–Trinajstić information content (AvgIpc) is 3.21. The fraction of sp³-hybridized carbons (Fsp3) is 0.571. The Bertz CT molecular complexity index is 858. The summed E-state index contributed by atoms with van der Waals surface area (Å²) in [6.45, 7) is 0.0546. The minimum absolute atomic E-state index is 0.0546. The zero-order chi connectivity index (χ0) is 18.0. The zero-order valence-electron chi connectivity index (χ0n) is 14.1. The molecule has 2 aromatic heterocycles. The molecule has 0 saturated carbocycles. The number of aryl methyl sites for hydroxylation is 1. The molecule has 25 heavy (non-hydrogen) atoms. The van der Waals surface area contributed by atoms with Crippen molar-refractivity contribution in [1.82, 2.24) is 29.8 Å². The van der Waals surface area contributed by atoms with Gasteiger partial charge in [-0.25, -0.2) is 12.7 Å². The van der Waals surface area contributed by atoms with Crippen LogP contribution in [-0.4, -0.2) is 65.2 Å². The number of rotatable bonds is 6. The summed E-state index contributed by atoms with van der Waals surface area (Å²) in [7, 11) is -0.401. The lowest BCUT2D eigenvalue weighted by molar-refractivity contribution is 0.0955. The molecule has 2 heterocycles. The van der Waals surface area contributed by atoms with Crippen molar-refractivity contribution < 1.29 is 13.2 Å². The van der Waals surface area contributed by atoms with Crippen molar-refractivity contribution in [2.24, 2.45) is 0 Å². The molecule has 0 spiro atoms. The number of carbonyl (C=O) groups is 1. The highest BCUT2D eigenvalue weighted by Gasteiger charge is 2.27. The number of nitrogens with zero attached hydrogens (tertiary/aromatic N) is 5. The molecule has 1 aliphatic rings. The van der Waals surface area contributed by atoms with E-state index in [0.717, 1.165) is 35.6 Å². The third-order valence-electron chi connectivity index (χ3n) is 4.14. The van der Waals surface area contributed by atoms with E-state index in [4.69, 9.17) is 0 Å². The van der Waals surface area contributed by atoms with E-state index in [0.29, 0.717) is 10.6 Å². The standard InChI is InChI=1S/C14H20N6O3S2/c1-19(2)25(22,23)8-7-15-13(21)12-10-5-3-4-6-11(10)24-14(12)20-9-16-17-18-20/h9H,3-8H2,1-2H3,(H,15,21). The van der Waals surface area contributed by atoms with Gasteiger partial charge in [-0.05, 0) is 41.7 Å². The van der Waals surface area contributed by atoms with E-state index in [1.807, 2.05) is 0 Å². The van der Waals surface area contributed by atoms with E-state index < -0.39 is 10.0 Å². The van der Waals surface area contributed by atoms with Crippen LogP contribution in [0, 0.1) is 0 Å². The molecule has 0 bridgehead atoms. The normalized spacial score (nSPS) is 14.5. The number of hydrogen-bond donors (Lipinski definition) is 1. The predicted octanol–water partition coefficient (Wildman–Crippen LogP) is 0.224. The number of sulfonamides is 1. The zero-order valence-corrected chi connectivity index (χ0v) is 15.7. The maximum absolute atomic E-state index is 12.8. The smallest absolute Gasteiger partial charge is 0.254 e. The van der Waals surface area contributed by atoms with Gasteiger partial charge in [0, 0.05) is 25.5 Å². The van der Waals surface area contributed by atoms with E-state index in [9.17, 15) is 13.2 Å². The van der Waals surface area contributed by atoms with Crippen LogP contribution in [0.1, 0.15) is 33.6 Å². The molecule has 1 N–H and O–H groups in total. The summed E-state index contributed by atoms with van der Waals surface area (Å²) >= 11 is 1.53. The van der Waals surface area contributed by atoms with E-state index in [1.165, 1.54) is 41.3 Å². The number of thiophene rings is 1. The summed E-state index contributed by atoms with van der Waals surface area (Å²) in [5.74, 6) is -0.419. The SMILES string of the molecule is CN(C)S(=O)(=O)CCNC(=O)c1c(-n2cnnn2)sc2c1CCCC2. The Morgan fingerprint density at radius 1 is 1.36 bits per heavy atom. The molecule has 0 saturated heterocycles. The second-order valence-corrected chi connectivity index (χ2v) is 9.39. The minimum Gasteiger partial charge on any atom is -0.351 e. The van der Waals surface area contributed by atoms with Gasteiger partial charge in [-0.3, -0.25) is 4.79 Å². The topological polar surface area (TPSA) is 110 Å². The summed E-state index contributed by atoms with van der Waals surface area (Å²) in [5.41, 5.74) is 1.60. The van der Waals surface area contributed by atoms with Crippen LogP contribution in [0.2, 0.25) is 0 Å². The minimum atomic E-state index is -3.35. The predicted molar refractivity (Wildman–Crippen MR) is 93.5 cm³/mol. The fourth-order valence-electron chi connectivity index (χ4n) is 2.77. The third kappa shape index (κ3) is 3.72. The van der Waals surface area contributed by atoms with Gasteiger partial charge in [0.05, 0.1) is 11.3 Å². The molecule has 0 aliphatic heterocycles. The molecule has 0 atom stereocenters. The number of nitrogens with one attached hydrogen (secondary N) is 1. The lowest BCUT2D eigenvalue weighted by Crippen LogP contribution is -2.34. The maximum atomic E-state index is 12.8. The van der Waals surface area contributed by atoms with Crippen LogP contribution in [0.15, 0.2) is 6.33 Å². The molecule has 0 unspecified atom stereocenters. The van der Waals surface area contributed by atoms with Gasteiger partial charge in [-0.2, -0.15) is 4.68 Å². The van der Waals surface area contributed by atoms with Crippen molar-refractivity contribution in [1.29, 1.82) is 0 Å². The number of amides is 1. The van der Waals surface area contributed by atoms with Crippen LogP contribution < -0.4 is 5.32 Å². The first kappa shape index (κ1) is 18.0. The lowest BCUT2D eigenvalue weighted by Gasteiger charge is -2.14. The molecule has 0 aromatic carbocycles. The number of hydrogen-bond acceptors (Lipinski definition) is 7. The summed E-state index contributed by atoms with van der Waals surface area (Å²) in [6, 6.07) is 0. The van der Waals surface area contributed by atoms with E-state index >= 15 is 0 Å². The molecular weight excluding hydrogens is 364 g/mol. The van der Waals surface area contributed by atoms with Crippen LogP contribution in [0.25, 0.3) is 5.00 Å². The number of fused-ring (bicyclic) bond motifs is 1. The van der Waals surface area contributed by atoms with Crippen LogP contribution >= 0.6 is 11.3 Å². The van der Waals surface area contributed by atoms with Crippen molar-refractivity contribution in [3.05, 3.63) is 22.3 Å². The molecule has 1 aliphatic carbocycles. The Labute approximate surface area is 150 Å². The first-order chi connectivity index (χ1) is 11.9. The van der Waals surface area contributed by atoms with Crippen molar-refractivity contribution in [3.63, 3.8) is 0 Å². The second kappa shape index (κ2) is 7.18. The van der Waals surface area contributed by atoms with Gasteiger partial charge in [0.2, 0.25) is 10.0 Å². The first-order valence-electron chi connectivity index (χ1n) is 7.96. The van der Waals surface area contributed by atoms with Crippen LogP contribution in [0.3, 0.4) is 0 Å². The molecule has 11 heteroatoms. The monoisotopic (exact) mass is 384 g/mol. The fourth-order valence-corrected chi connectivity index (χ4v) is 4.79. The molecular formula is C14H20N6O3S2. The highest BCUT2D eigenvalue weighted by Crippen LogP contribution is 2.36. The van der Waals surface area contributed by atoms with Crippen molar-refractivity contribution in [3.8, 4) is 5.00 Å². The largest absolute Gasteiger partial charge is 0.351 e. The van der Waals surface area contributed by atoms with Crippen molar-refractivity contribution in [2.45, 2.75) is 25.7 Å². The van der Waals surface area contributed by atoms with E-state index in [-0.39, 0.29) is 18.2 Å². The summed E-state index contributed by atoms with van der Waals surface area (Å²) < 4.78 is 26.3. The lowest BCUT2D eigenvalue weighted by atomic mass is 9.95. The highest BCUT2D eigenvalue weighted by molar-refractivity contribution is 7.89. The van der Waals surface area contributed by atoms with Gasteiger partial charge in [-0.15, -0.1) is 16.4 Å². The maximum Gasteiger partial charge on any atom is 0.254 e. The van der Waals surface area contributed by atoms with Crippen molar-refractivity contribution in [2.75, 3.05) is 26.4 Å². The van der Waals surface area contributed by atoms with Gasteiger partial charge in [0.15, 0.2) is 0 Å². The Morgan fingerprint density at radius 3 is 2.80 bits per heavy atom. The van der Waals surface area contributed by atoms with Gasteiger partial charge >= 0.3 is 0 Å². The van der Waals surface area contributed by atoms with Gasteiger partial charge in [-0.1, -0.05) is 0 Å². The van der Waals surface area contributed by atoms with Gasteiger partial charge in [0.1, 0.15) is 11.3 Å². The van der Waals surface area contributed by atoms with Gasteiger partial charge < -0.3 is 5.32 Å².